The van der Waals surface area contributed by atoms with E-state index in [1.807, 2.05) is 7.11 Å². The first-order chi connectivity index (χ1) is 8.36. The van der Waals surface area contributed by atoms with E-state index in [1.54, 1.807) is 0 Å². The van der Waals surface area contributed by atoms with Crippen LogP contribution >= 0.6 is 0 Å². The Morgan fingerprint density at radius 1 is 1.12 bits per heavy atom. The molecule has 0 bridgehead atoms. The standard InChI is InChI=1S/C15H24OSe/c1-3-4-5-7-10-14(16-2)13-17-15-11-8-6-9-12-15/h6,8-9,11-12,14H,3-5,7,10,13H2,1-2H3. The summed E-state index contributed by atoms with van der Waals surface area (Å²) in [7, 11) is 1.85. The summed E-state index contributed by atoms with van der Waals surface area (Å²) < 4.78 is 7.05. The Bertz CT molecular complexity index is 274. The van der Waals surface area contributed by atoms with Gasteiger partial charge in [0.05, 0.1) is 0 Å². The van der Waals surface area contributed by atoms with Crippen LogP contribution in [0.25, 0.3) is 0 Å². The van der Waals surface area contributed by atoms with E-state index < -0.39 is 0 Å². The van der Waals surface area contributed by atoms with Crippen molar-refractivity contribution >= 4 is 19.4 Å². The van der Waals surface area contributed by atoms with Gasteiger partial charge in [0.15, 0.2) is 0 Å². The van der Waals surface area contributed by atoms with Gasteiger partial charge in [-0.1, -0.05) is 0 Å². The van der Waals surface area contributed by atoms with Crippen LogP contribution in [-0.4, -0.2) is 28.2 Å². The molecule has 1 rings (SSSR count). The number of rotatable bonds is 9. The van der Waals surface area contributed by atoms with E-state index in [2.05, 4.69) is 37.3 Å². The summed E-state index contributed by atoms with van der Waals surface area (Å²) >= 11 is 0.562. The average Bonchev–Trinajstić information content (AvgIpc) is 2.39. The molecule has 0 radical (unpaired) electrons. The molecule has 0 heterocycles. The van der Waals surface area contributed by atoms with Crippen LogP contribution in [0.4, 0.5) is 0 Å². The summed E-state index contributed by atoms with van der Waals surface area (Å²) in [6, 6.07) is 10.8. The van der Waals surface area contributed by atoms with E-state index >= 15 is 0 Å². The minimum atomic E-state index is 0.465. The first kappa shape index (κ1) is 14.8. The number of benzene rings is 1. The maximum absolute atomic E-state index is 5.57. The van der Waals surface area contributed by atoms with Crippen LogP contribution in [0, 0.1) is 0 Å². The molecule has 0 amide bonds. The Morgan fingerprint density at radius 2 is 1.88 bits per heavy atom. The Hall–Kier alpha value is -0.301. The Kier molecular flexibility index (Phi) is 8.42. The second kappa shape index (κ2) is 9.70. The molecule has 1 aromatic rings. The normalized spacial score (nSPS) is 12.6. The molecule has 1 aromatic carbocycles. The van der Waals surface area contributed by atoms with E-state index in [0.29, 0.717) is 21.1 Å². The van der Waals surface area contributed by atoms with Gasteiger partial charge in [-0.2, -0.15) is 0 Å². The number of hydrogen-bond acceptors (Lipinski definition) is 1. The number of methoxy groups -OCH3 is 1. The zero-order valence-corrected chi connectivity index (χ0v) is 12.7. The van der Waals surface area contributed by atoms with Gasteiger partial charge in [0.2, 0.25) is 0 Å². The molecule has 0 aliphatic carbocycles. The summed E-state index contributed by atoms with van der Waals surface area (Å²) in [5.74, 6) is 0. The molecule has 96 valence electrons. The van der Waals surface area contributed by atoms with Crippen molar-refractivity contribution < 1.29 is 4.74 Å². The fourth-order valence-corrected chi connectivity index (χ4v) is 3.94. The first-order valence-electron chi connectivity index (χ1n) is 6.57. The molecule has 0 spiro atoms. The van der Waals surface area contributed by atoms with Gasteiger partial charge in [-0.3, -0.25) is 0 Å². The van der Waals surface area contributed by atoms with E-state index in [-0.39, 0.29) is 0 Å². The molecular weight excluding hydrogens is 275 g/mol. The zero-order valence-electron chi connectivity index (χ0n) is 11.0. The van der Waals surface area contributed by atoms with Gasteiger partial charge >= 0.3 is 112 Å². The summed E-state index contributed by atoms with van der Waals surface area (Å²) in [4.78, 5) is 0. The van der Waals surface area contributed by atoms with Crippen LogP contribution in [0.15, 0.2) is 30.3 Å². The number of unbranched alkanes of at least 4 members (excludes halogenated alkanes) is 3. The van der Waals surface area contributed by atoms with Crippen LogP contribution in [-0.2, 0) is 4.74 Å². The number of hydrogen-bond donors (Lipinski definition) is 0. The SMILES string of the molecule is CCCCCCC(C[Se]c1ccccc1)OC. The molecule has 1 unspecified atom stereocenters. The number of ether oxygens (including phenoxy) is 1. The fourth-order valence-electron chi connectivity index (χ4n) is 1.77. The monoisotopic (exact) mass is 300 g/mol. The van der Waals surface area contributed by atoms with Crippen molar-refractivity contribution in [3.63, 3.8) is 0 Å². The van der Waals surface area contributed by atoms with Crippen molar-refractivity contribution in [2.45, 2.75) is 50.5 Å². The van der Waals surface area contributed by atoms with Crippen LogP contribution in [0.2, 0.25) is 5.32 Å². The third-order valence-electron chi connectivity index (χ3n) is 2.89. The predicted molar refractivity (Wildman–Crippen MR) is 76.2 cm³/mol. The maximum atomic E-state index is 5.57. The van der Waals surface area contributed by atoms with Crippen molar-refractivity contribution in [1.82, 2.24) is 0 Å². The molecule has 0 saturated carbocycles. The molecule has 0 aromatic heterocycles. The molecule has 0 aliphatic rings. The van der Waals surface area contributed by atoms with Gasteiger partial charge < -0.3 is 0 Å². The molecule has 0 N–H and O–H groups in total. The van der Waals surface area contributed by atoms with Gasteiger partial charge in [0, 0.05) is 0 Å². The summed E-state index contributed by atoms with van der Waals surface area (Å²) in [5.41, 5.74) is 0. The fraction of sp³-hybridized carbons (Fsp3) is 0.600. The van der Waals surface area contributed by atoms with Crippen LogP contribution < -0.4 is 4.46 Å². The van der Waals surface area contributed by atoms with E-state index in [4.69, 9.17) is 4.74 Å². The van der Waals surface area contributed by atoms with Gasteiger partial charge in [0.25, 0.3) is 0 Å². The van der Waals surface area contributed by atoms with Gasteiger partial charge in [-0.25, -0.2) is 0 Å². The second-order valence-corrected chi connectivity index (χ2v) is 6.63. The molecule has 0 saturated heterocycles. The van der Waals surface area contributed by atoms with Gasteiger partial charge in [-0.15, -0.1) is 0 Å². The van der Waals surface area contributed by atoms with Crippen LogP contribution in [0.3, 0.4) is 0 Å². The summed E-state index contributed by atoms with van der Waals surface area (Å²) in [5, 5.41) is 1.21. The van der Waals surface area contributed by atoms with Crippen LogP contribution in [0.5, 0.6) is 0 Å². The van der Waals surface area contributed by atoms with E-state index in [0.717, 1.165) is 0 Å². The first-order valence-corrected chi connectivity index (χ1v) is 8.64. The third-order valence-corrected chi connectivity index (χ3v) is 5.29. The Labute approximate surface area is 112 Å². The molecule has 1 atom stereocenters. The summed E-state index contributed by atoms with van der Waals surface area (Å²) in [6.07, 6.45) is 7.04. The molecule has 17 heavy (non-hydrogen) atoms. The summed E-state index contributed by atoms with van der Waals surface area (Å²) in [6.45, 7) is 2.26. The van der Waals surface area contributed by atoms with Crippen molar-refractivity contribution in [2.75, 3.05) is 7.11 Å². The molecule has 0 aliphatic heterocycles. The zero-order chi connectivity index (χ0) is 12.3. The molecule has 1 nitrogen and oxygen atoms in total. The van der Waals surface area contributed by atoms with Gasteiger partial charge in [0.1, 0.15) is 0 Å². The topological polar surface area (TPSA) is 9.23 Å². The Morgan fingerprint density at radius 3 is 2.53 bits per heavy atom. The average molecular weight is 299 g/mol. The molecular formula is C15H24OSe. The third kappa shape index (κ3) is 6.88. The van der Waals surface area contributed by atoms with Crippen molar-refractivity contribution in [2.24, 2.45) is 0 Å². The van der Waals surface area contributed by atoms with E-state index in [9.17, 15) is 0 Å². The quantitative estimate of drug-likeness (QED) is 0.501. The Balaban J connectivity index is 2.18. The van der Waals surface area contributed by atoms with Crippen LogP contribution in [0.1, 0.15) is 39.0 Å². The predicted octanol–water partition coefficient (Wildman–Crippen LogP) is 3.42. The van der Waals surface area contributed by atoms with Crippen molar-refractivity contribution in [1.29, 1.82) is 0 Å². The van der Waals surface area contributed by atoms with Crippen molar-refractivity contribution in [3.05, 3.63) is 30.3 Å². The second-order valence-electron chi connectivity index (χ2n) is 4.33. The molecule has 2 heteroatoms. The molecule has 0 fully saturated rings. The van der Waals surface area contributed by atoms with Crippen molar-refractivity contribution in [3.8, 4) is 0 Å². The minimum absolute atomic E-state index is 0.465. The van der Waals surface area contributed by atoms with Gasteiger partial charge in [-0.05, 0) is 0 Å². The van der Waals surface area contributed by atoms with E-state index in [1.165, 1.54) is 41.9 Å².